The van der Waals surface area contributed by atoms with Gasteiger partial charge in [0, 0.05) is 21.8 Å². The van der Waals surface area contributed by atoms with E-state index in [0.717, 1.165) is 10.0 Å². The van der Waals surface area contributed by atoms with Crippen molar-refractivity contribution in [2.45, 2.75) is 0 Å². The summed E-state index contributed by atoms with van der Waals surface area (Å²) in [4.78, 5) is 12.4. The molecule has 0 aliphatic heterocycles. The van der Waals surface area contributed by atoms with Crippen LogP contribution in [0.5, 0.6) is 5.75 Å². The molecule has 0 saturated heterocycles. The number of benzene rings is 2. The number of hydrogen-bond acceptors (Lipinski definition) is 4. The highest BCUT2D eigenvalue weighted by Crippen LogP contribution is 2.28. The SMILES string of the molecule is COc1cc(N)ccc1NC(=O)c1ccc(-c2ccc(Br)cc2)o1. The minimum atomic E-state index is -0.360. The van der Waals surface area contributed by atoms with Crippen molar-refractivity contribution in [1.29, 1.82) is 0 Å². The van der Waals surface area contributed by atoms with E-state index in [0.29, 0.717) is 22.9 Å². The fourth-order valence-corrected chi connectivity index (χ4v) is 2.49. The van der Waals surface area contributed by atoms with Crippen LogP contribution in [0.2, 0.25) is 0 Å². The third-order valence-electron chi connectivity index (χ3n) is 3.43. The first-order chi connectivity index (χ1) is 11.6. The van der Waals surface area contributed by atoms with E-state index in [2.05, 4.69) is 21.2 Å². The lowest BCUT2D eigenvalue weighted by atomic mass is 10.2. The molecule has 2 aromatic carbocycles. The van der Waals surface area contributed by atoms with E-state index >= 15 is 0 Å². The number of carbonyl (C=O) groups is 1. The van der Waals surface area contributed by atoms with Crippen molar-refractivity contribution in [2.75, 3.05) is 18.2 Å². The predicted octanol–water partition coefficient (Wildman–Crippen LogP) is 4.55. The Hall–Kier alpha value is -2.73. The number of amides is 1. The Kier molecular flexibility index (Phi) is 4.57. The Morgan fingerprint density at radius 1 is 1.12 bits per heavy atom. The summed E-state index contributed by atoms with van der Waals surface area (Å²) in [6.07, 6.45) is 0. The zero-order chi connectivity index (χ0) is 17.1. The Morgan fingerprint density at radius 2 is 1.88 bits per heavy atom. The van der Waals surface area contributed by atoms with Gasteiger partial charge in [-0.3, -0.25) is 4.79 Å². The lowest BCUT2D eigenvalue weighted by molar-refractivity contribution is 0.0997. The van der Waals surface area contributed by atoms with Crippen LogP contribution in [0.4, 0.5) is 11.4 Å². The molecule has 122 valence electrons. The number of ether oxygens (including phenoxy) is 1. The van der Waals surface area contributed by atoms with Gasteiger partial charge in [-0.25, -0.2) is 0 Å². The quantitative estimate of drug-likeness (QED) is 0.644. The standard InChI is InChI=1S/C18H15BrN2O3/c1-23-17-10-13(20)6-7-14(17)21-18(22)16-9-8-15(24-16)11-2-4-12(19)5-3-11/h2-10H,20H2,1H3,(H,21,22). The van der Waals surface area contributed by atoms with Gasteiger partial charge in [0.15, 0.2) is 5.76 Å². The average Bonchev–Trinajstić information content (AvgIpc) is 3.07. The topological polar surface area (TPSA) is 77.5 Å². The fourth-order valence-electron chi connectivity index (χ4n) is 2.22. The van der Waals surface area contributed by atoms with Crippen molar-refractivity contribution in [2.24, 2.45) is 0 Å². The van der Waals surface area contributed by atoms with Crippen LogP contribution in [0.25, 0.3) is 11.3 Å². The Bertz CT molecular complexity index is 872. The van der Waals surface area contributed by atoms with Crippen LogP contribution < -0.4 is 15.8 Å². The number of methoxy groups -OCH3 is 1. The molecule has 3 aromatic rings. The van der Waals surface area contributed by atoms with E-state index in [-0.39, 0.29) is 11.7 Å². The number of nitrogens with two attached hydrogens (primary N) is 1. The number of anilines is 2. The number of carbonyl (C=O) groups excluding carboxylic acids is 1. The molecule has 1 heterocycles. The van der Waals surface area contributed by atoms with E-state index < -0.39 is 0 Å². The van der Waals surface area contributed by atoms with Gasteiger partial charge in [0.25, 0.3) is 5.91 Å². The second kappa shape index (κ2) is 6.80. The Labute approximate surface area is 147 Å². The summed E-state index contributed by atoms with van der Waals surface area (Å²) in [5.74, 6) is 0.966. The maximum atomic E-state index is 12.4. The van der Waals surface area contributed by atoms with E-state index in [4.69, 9.17) is 14.9 Å². The van der Waals surface area contributed by atoms with Crippen LogP contribution in [0.1, 0.15) is 10.6 Å². The molecule has 0 atom stereocenters. The minimum Gasteiger partial charge on any atom is -0.494 e. The molecule has 0 spiro atoms. The number of nitrogens with one attached hydrogen (secondary N) is 1. The first kappa shape index (κ1) is 16.1. The highest BCUT2D eigenvalue weighted by Gasteiger charge is 2.14. The number of nitrogen functional groups attached to an aromatic ring is 1. The summed E-state index contributed by atoms with van der Waals surface area (Å²) in [7, 11) is 1.52. The second-order valence-electron chi connectivity index (χ2n) is 5.08. The number of hydrogen-bond donors (Lipinski definition) is 2. The summed E-state index contributed by atoms with van der Waals surface area (Å²) in [6, 6.07) is 16.1. The van der Waals surface area contributed by atoms with Gasteiger partial charge in [-0.2, -0.15) is 0 Å². The molecule has 0 saturated carbocycles. The van der Waals surface area contributed by atoms with Crippen molar-refractivity contribution in [3.05, 3.63) is 64.8 Å². The van der Waals surface area contributed by atoms with E-state index in [9.17, 15) is 4.79 Å². The van der Waals surface area contributed by atoms with Crippen LogP contribution >= 0.6 is 15.9 Å². The van der Waals surface area contributed by atoms with E-state index in [1.807, 2.05) is 24.3 Å². The Balaban J connectivity index is 1.80. The lowest BCUT2D eigenvalue weighted by Gasteiger charge is -2.09. The summed E-state index contributed by atoms with van der Waals surface area (Å²) in [6.45, 7) is 0. The summed E-state index contributed by atoms with van der Waals surface area (Å²) >= 11 is 3.39. The molecule has 0 aliphatic carbocycles. The molecule has 3 N–H and O–H groups in total. The maximum absolute atomic E-state index is 12.4. The molecule has 5 nitrogen and oxygen atoms in total. The van der Waals surface area contributed by atoms with Crippen LogP contribution in [0.3, 0.4) is 0 Å². The number of halogens is 1. The van der Waals surface area contributed by atoms with Gasteiger partial charge in [0.1, 0.15) is 11.5 Å². The predicted molar refractivity (Wildman–Crippen MR) is 97.2 cm³/mol. The molecular formula is C18H15BrN2O3. The highest BCUT2D eigenvalue weighted by molar-refractivity contribution is 9.10. The number of rotatable bonds is 4. The lowest BCUT2D eigenvalue weighted by Crippen LogP contribution is -2.11. The first-order valence-corrected chi connectivity index (χ1v) is 7.97. The monoisotopic (exact) mass is 386 g/mol. The average molecular weight is 387 g/mol. The van der Waals surface area contributed by atoms with E-state index in [1.165, 1.54) is 7.11 Å². The molecular weight excluding hydrogens is 372 g/mol. The largest absolute Gasteiger partial charge is 0.494 e. The molecule has 1 amide bonds. The molecule has 0 fully saturated rings. The van der Waals surface area contributed by atoms with Crippen LogP contribution in [-0.2, 0) is 0 Å². The molecule has 1 aromatic heterocycles. The fraction of sp³-hybridized carbons (Fsp3) is 0.0556. The van der Waals surface area contributed by atoms with Crippen LogP contribution in [-0.4, -0.2) is 13.0 Å². The number of furan rings is 1. The molecule has 0 radical (unpaired) electrons. The highest BCUT2D eigenvalue weighted by atomic mass is 79.9. The van der Waals surface area contributed by atoms with Crippen LogP contribution in [0.15, 0.2) is 63.5 Å². The first-order valence-electron chi connectivity index (χ1n) is 7.17. The zero-order valence-corrected chi connectivity index (χ0v) is 14.5. The molecule has 24 heavy (non-hydrogen) atoms. The summed E-state index contributed by atoms with van der Waals surface area (Å²) < 4.78 is 11.8. The normalized spacial score (nSPS) is 10.4. The van der Waals surface area contributed by atoms with Gasteiger partial charge in [-0.1, -0.05) is 28.1 Å². The van der Waals surface area contributed by atoms with Crippen molar-refractivity contribution in [1.82, 2.24) is 0 Å². The molecule has 0 unspecified atom stereocenters. The van der Waals surface area contributed by atoms with Gasteiger partial charge in [-0.05, 0) is 36.4 Å². The van der Waals surface area contributed by atoms with E-state index in [1.54, 1.807) is 30.3 Å². The zero-order valence-electron chi connectivity index (χ0n) is 12.9. The van der Waals surface area contributed by atoms with Crippen molar-refractivity contribution < 1.29 is 13.9 Å². The summed E-state index contributed by atoms with van der Waals surface area (Å²) in [5.41, 5.74) is 7.68. The van der Waals surface area contributed by atoms with Crippen molar-refractivity contribution >= 4 is 33.2 Å². The van der Waals surface area contributed by atoms with Gasteiger partial charge >= 0.3 is 0 Å². The van der Waals surface area contributed by atoms with Crippen molar-refractivity contribution in [3.8, 4) is 17.1 Å². The van der Waals surface area contributed by atoms with Gasteiger partial charge in [0.2, 0.25) is 0 Å². The maximum Gasteiger partial charge on any atom is 0.291 e. The molecule has 0 bridgehead atoms. The molecule has 3 rings (SSSR count). The van der Waals surface area contributed by atoms with Gasteiger partial charge in [0.05, 0.1) is 12.8 Å². The minimum absolute atomic E-state index is 0.215. The van der Waals surface area contributed by atoms with Crippen LogP contribution in [0, 0.1) is 0 Å². The Morgan fingerprint density at radius 3 is 2.58 bits per heavy atom. The van der Waals surface area contributed by atoms with Gasteiger partial charge < -0.3 is 20.2 Å². The third kappa shape index (κ3) is 3.44. The third-order valence-corrected chi connectivity index (χ3v) is 3.96. The molecule has 0 aliphatic rings. The second-order valence-corrected chi connectivity index (χ2v) is 6.00. The van der Waals surface area contributed by atoms with Gasteiger partial charge in [-0.15, -0.1) is 0 Å². The van der Waals surface area contributed by atoms with Crippen molar-refractivity contribution in [3.63, 3.8) is 0 Å². The summed E-state index contributed by atoms with van der Waals surface area (Å²) in [5, 5.41) is 2.76. The smallest absolute Gasteiger partial charge is 0.291 e. The molecule has 6 heteroatoms.